The van der Waals surface area contributed by atoms with E-state index in [0.29, 0.717) is 43.3 Å². The molecule has 2 aromatic carbocycles. The Bertz CT molecular complexity index is 1150. The molecule has 3 rings (SSSR count). The van der Waals surface area contributed by atoms with Gasteiger partial charge in [0.1, 0.15) is 12.1 Å². The topological polar surface area (TPSA) is 119 Å². The minimum atomic E-state index is -0.506. The van der Waals surface area contributed by atoms with Crippen LogP contribution in [0.15, 0.2) is 60.9 Å². The molecule has 35 heavy (non-hydrogen) atoms. The van der Waals surface area contributed by atoms with E-state index in [4.69, 9.17) is 10.5 Å². The van der Waals surface area contributed by atoms with E-state index in [1.165, 1.54) is 6.33 Å². The van der Waals surface area contributed by atoms with Crippen LogP contribution in [0.1, 0.15) is 54.4 Å². The first-order chi connectivity index (χ1) is 16.8. The molecule has 0 aliphatic carbocycles. The van der Waals surface area contributed by atoms with E-state index in [2.05, 4.69) is 20.6 Å². The highest BCUT2D eigenvalue weighted by Gasteiger charge is 2.14. The van der Waals surface area contributed by atoms with Crippen molar-refractivity contribution in [3.05, 3.63) is 83.3 Å². The Morgan fingerprint density at radius 1 is 1.03 bits per heavy atom. The average Bonchev–Trinajstić information content (AvgIpc) is 2.83. The lowest BCUT2D eigenvalue weighted by molar-refractivity contribution is -0.122. The molecule has 0 spiro atoms. The van der Waals surface area contributed by atoms with Crippen LogP contribution in [0.5, 0.6) is 0 Å². The minimum absolute atomic E-state index is 0.149. The number of ether oxygens (including phenoxy) is 1. The van der Waals surface area contributed by atoms with Gasteiger partial charge in [-0.1, -0.05) is 38.1 Å². The second-order valence-corrected chi connectivity index (χ2v) is 8.77. The molecule has 8 nitrogen and oxygen atoms in total. The third-order valence-corrected chi connectivity index (χ3v) is 5.28. The molecule has 0 radical (unpaired) electrons. The Labute approximate surface area is 206 Å². The maximum absolute atomic E-state index is 12.2. The highest BCUT2D eigenvalue weighted by atomic mass is 16.5. The number of amides is 1. The van der Waals surface area contributed by atoms with Crippen LogP contribution < -0.4 is 16.4 Å². The van der Waals surface area contributed by atoms with E-state index >= 15 is 0 Å². The highest BCUT2D eigenvalue weighted by Crippen LogP contribution is 2.18. The number of nitrogens with one attached hydrogen (secondary N) is 2. The fourth-order valence-electron chi connectivity index (χ4n) is 3.64. The molecular formula is C27H33N5O3. The zero-order valence-corrected chi connectivity index (χ0v) is 20.5. The first-order valence-electron chi connectivity index (χ1n) is 11.8. The van der Waals surface area contributed by atoms with Gasteiger partial charge in [-0.05, 0) is 54.7 Å². The average molecular weight is 476 g/mol. The summed E-state index contributed by atoms with van der Waals surface area (Å²) in [7, 11) is 0. The van der Waals surface area contributed by atoms with Gasteiger partial charge in [0.2, 0.25) is 5.91 Å². The van der Waals surface area contributed by atoms with Crippen molar-refractivity contribution in [3.8, 4) is 0 Å². The Morgan fingerprint density at radius 3 is 2.57 bits per heavy atom. The van der Waals surface area contributed by atoms with Crippen molar-refractivity contribution in [3.63, 3.8) is 0 Å². The van der Waals surface area contributed by atoms with Crippen molar-refractivity contribution in [2.24, 2.45) is 11.7 Å². The van der Waals surface area contributed by atoms with Crippen LogP contribution in [0.4, 0.5) is 11.5 Å². The van der Waals surface area contributed by atoms with E-state index in [0.717, 1.165) is 22.5 Å². The number of hydrogen-bond acceptors (Lipinski definition) is 7. The smallest absolute Gasteiger partial charge is 0.338 e. The molecule has 0 aliphatic rings. The maximum atomic E-state index is 12.2. The Kier molecular flexibility index (Phi) is 9.31. The summed E-state index contributed by atoms with van der Waals surface area (Å²) in [6.07, 6.45) is 2.71. The van der Waals surface area contributed by atoms with Gasteiger partial charge in [-0.15, -0.1) is 0 Å². The lowest BCUT2D eigenvalue weighted by atomic mass is 10.0. The number of carbonyl (C=O) groups excluding carboxylic acids is 2. The van der Waals surface area contributed by atoms with Gasteiger partial charge in [0.25, 0.3) is 0 Å². The third-order valence-electron chi connectivity index (χ3n) is 5.28. The fraction of sp³-hybridized carbons (Fsp3) is 0.333. The summed E-state index contributed by atoms with van der Waals surface area (Å²) in [6, 6.07) is 16.5. The Hall–Kier alpha value is -3.78. The zero-order chi connectivity index (χ0) is 25.2. The molecule has 0 saturated carbocycles. The standard InChI is InChI=1S/C27H33N5O3/c1-4-35-27(34)21-9-5-7-19(12-21)13-23-15-25(31-17-30-23)32-22-10-6-8-20(14-22)16-29-26(33)24(28)11-18(2)3/h5-10,12,14-15,17-18,24H,4,11,13,16,28H2,1-3H3,(H,29,33)(H,30,31,32). The van der Waals surface area contributed by atoms with Crippen LogP contribution in [0.2, 0.25) is 0 Å². The molecule has 0 bridgehead atoms. The van der Waals surface area contributed by atoms with Gasteiger partial charge >= 0.3 is 5.97 Å². The first kappa shape index (κ1) is 25.8. The molecular weight excluding hydrogens is 442 g/mol. The van der Waals surface area contributed by atoms with Crippen molar-refractivity contribution in [1.82, 2.24) is 15.3 Å². The fourth-order valence-corrected chi connectivity index (χ4v) is 3.64. The van der Waals surface area contributed by atoms with Gasteiger partial charge in [0.05, 0.1) is 23.9 Å². The van der Waals surface area contributed by atoms with Gasteiger partial charge in [-0.2, -0.15) is 0 Å². The van der Waals surface area contributed by atoms with Gasteiger partial charge in [-0.25, -0.2) is 14.8 Å². The summed E-state index contributed by atoms with van der Waals surface area (Å²) in [4.78, 5) is 32.9. The van der Waals surface area contributed by atoms with Crippen LogP contribution >= 0.6 is 0 Å². The molecule has 184 valence electrons. The van der Waals surface area contributed by atoms with Crippen molar-refractivity contribution >= 4 is 23.4 Å². The summed E-state index contributed by atoms with van der Waals surface area (Å²) in [6.45, 7) is 6.60. The number of esters is 1. The number of aromatic nitrogens is 2. The number of anilines is 2. The number of hydrogen-bond donors (Lipinski definition) is 3. The number of nitrogens with two attached hydrogens (primary N) is 1. The molecule has 8 heteroatoms. The second kappa shape index (κ2) is 12.6. The summed E-state index contributed by atoms with van der Waals surface area (Å²) in [5.41, 5.74) is 10.0. The molecule has 0 aliphatic heterocycles. The van der Waals surface area contributed by atoms with Crippen LogP contribution in [0, 0.1) is 5.92 Å². The van der Waals surface area contributed by atoms with Crippen LogP contribution in [-0.2, 0) is 22.5 Å². The van der Waals surface area contributed by atoms with Gasteiger partial charge in [-0.3, -0.25) is 4.79 Å². The predicted molar refractivity (Wildman–Crippen MR) is 136 cm³/mol. The zero-order valence-electron chi connectivity index (χ0n) is 20.5. The van der Waals surface area contributed by atoms with Gasteiger partial charge in [0, 0.05) is 24.7 Å². The van der Waals surface area contributed by atoms with E-state index < -0.39 is 6.04 Å². The quantitative estimate of drug-likeness (QED) is 0.359. The number of carbonyl (C=O) groups is 2. The van der Waals surface area contributed by atoms with Crippen molar-refractivity contribution < 1.29 is 14.3 Å². The summed E-state index contributed by atoms with van der Waals surface area (Å²) in [5, 5.41) is 6.19. The van der Waals surface area contributed by atoms with Crippen molar-refractivity contribution in [2.75, 3.05) is 11.9 Å². The molecule has 1 heterocycles. The van der Waals surface area contributed by atoms with E-state index in [1.54, 1.807) is 13.0 Å². The molecule has 1 aromatic heterocycles. The second-order valence-electron chi connectivity index (χ2n) is 8.77. The molecule has 0 fully saturated rings. The van der Waals surface area contributed by atoms with Crippen LogP contribution in [-0.4, -0.2) is 34.5 Å². The predicted octanol–water partition coefficient (Wildman–Crippen LogP) is 3.98. The van der Waals surface area contributed by atoms with Crippen LogP contribution in [0.25, 0.3) is 0 Å². The maximum Gasteiger partial charge on any atom is 0.338 e. The monoisotopic (exact) mass is 475 g/mol. The van der Waals surface area contributed by atoms with E-state index in [9.17, 15) is 9.59 Å². The van der Waals surface area contributed by atoms with E-state index in [1.807, 2.05) is 62.4 Å². The molecule has 1 unspecified atom stereocenters. The lowest BCUT2D eigenvalue weighted by Gasteiger charge is -2.14. The van der Waals surface area contributed by atoms with Crippen LogP contribution in [0.3, 0.4) is 0 Å². The summed E-state index contributed by atoms with van der Waals surface area (Å²) in [5.74, 6) is 0.529. The summed E-state index contributed by atoms with van der Waals surface area (Å²) >= 11 is 0. The molecule has 0 saturated heterocycles. The summed E-state index contributed by atoms with van der Waals surface area (Å²) < 4.78 is 5.08. The lowest BCUT2D eigenvalue weighted by Crippen LogP contribution is -2.41. The highest BCUT2D eigenvalue weighted by molar-refractivity contribution is 5.89. The van der Waals surface area contributed by atoms with Gasteiger partial charge in [0.15, 0.2) is 0 Å². The molecule has 3 aromatic rings. The van der Waals surface area contributed by atoms with Crippen molar-refractivity contribution in [2.45, 2.75) is 46.2 Å². The molecule has 4 N–H and O–H groups in total. The number of benzene rings is 2. The molecule has 1 amide bonds. The van der Waals surface area contributed by atoms with E-state index in [-0.39, 0.29) is 11.9 Å². The van der Waals surface area contributed by atoms with Crippen molar-refractivity contribution in [1.29, 1.82) is 0 Å². The first-order valence-corrected chi connectivity index (χ1v) is 11.8. The Balaban J connectivity index is 1.62. The largest absolute Gasteiger partial charge is 0.462 e. The SMILES string of the molecule is CCOC(=O)c1cccc(Cc2cc(Nc3cccc(CNC(=O)C(N)CC(C)C)c3)ncn2)c1. The normalized spacial score (nSPS) is 11.7. The van der Waals surface area contributed by atoms with Gasteiger partial charge < -0.3 is 21.1 Å². The Morgan fingerprint density at radius 2 is 1.80 bits per heavy atom. The minimum Gasteiger partial charge on any atom is -0.462 e. The molecule has 1 atom stereocenters. The third kappa shape index (κ3) is 8.19. The number of nitrogens with zero attached hydrogens (tertiary/aromatic N) is 2. The number of rotatable bonds is 11.